The molecule has 1 atom stereocenters. The molecule has 2 rings (SSSR count). The fraction of sp³-hybridized carbons (Fsp3) is 0.143. The molecule has 0 amide bonds. The summed E-state index contributed by atoms with van der Waals surface area (Å²) in [7, 11) is 0. The Balaban J connectivity index is 2.27. The molecule has 0 spiro atoms. The Labute approximate surface area is 131 Å². The molecule has 6 heteroatoms. The smallest absolute Gasteiger partial charge is 0.126 e. The van der Waals surface area contributed by atoms with Gasteiger partial charge in [-0.25, -0.2) is 4.39 Å². The minimum absolute atomic E-state index is 0.124. The summed E-state index contributed by atoms with van der Waals surface area (Å²) in [5, 5.41) is 14.0. The van der Waals surface area contributed by atoms with Gasteiger partial charge in [0, 0.05) is 11.6 Å². The molecule has 20 heavy (non-hydrogen) atoms. The maximum Gasteiger partial charge on any atom is 0.126 e. The van der Waals surface area contributed by atoms with Gasteiger partial charge in [-0.05, 0) is 25.1 Å². The van der Waals surface area contributed by atoms with E-state index >= 15 is 0 Å². The number of hydrogen-bond donors (Lipinski definition) is 2. The number of nitrogens with one attached hydrogen (secondary N) is 1. The van der Waals surface area contributed by atoms with Crippen molar-refractivity contribution < 1.29 is 9.50 Å². The number of hydrogen-bond acceptors (Lipinski definition) is 2. The van der Waals surface area contributed by atoms with Crippen LogP contribution in [0.5, 0.6) is 5.75 Å². The molecule has 0 aliphatic heterocycles. The summed E-state index contributed by atoms with van der Waals surface area (Å²) in [5.41, 5.74) is 1.13. The SMILES string of the molecule is CC(Nc1cc(Cl)c(Cl)cc1Cl)c1ccc(F)cc1O. The number of anilines is 1. The van der Waals surface area contributed by atoms with Crippen LogP contribution in [0.3, 0.4) is 0 Å². The molecule has 0 fully saturated rings. The zero-order chi connectivity index (χ0) is 14.9. The van der Waals surface area contributed by atoms with Gasteiger partial charge in [-0.2, -0.15) is 0 Å². The van der Waals surface area contributed by atoms with Gasteiger partial charge >= 0.3 is 0 Å². The third-order valence-electron chi connectivity index (χ3n) is 2.84. The molecule has 0 radical (unpaired) electrons. The third kappa shape index (κ3) is 3.29. The number of benzene rings is 2. The van der Waals surface area contributed by atoms with Crippen LogP contribution in [0.15, 0.2) is 30.3 Å². The summed E-state index contributed by atoms with van der Waals surface area (Å²) in [4.78, 5) is 0. The molecule has 2 aromatic carbocycles. The fourth-order valence-electron chi connectivity index (χ4n) is 1.83. The summed E-state index contributed by atoms with van der Waals surface area (Å²) < 4.78 is 13.0. The van der Waals surface area contributed by atoms with E-state index < -0.39 is 5.82 Å². The molecule has 0 aromatic heterocycles. The van der Waals surface area contributed by atoms with Crippen molar-refractivity contribution in [1.82, 2.24) is 0 Å². The molecule has 2 nitrogen and oxygen atoms in total. The van der Waals surface area contributed by atoms with E-state index in [2.05, 4.69) is 5.32 Å². The molecular weight excluding hydrogens is 324 g/mol. The van der Waals surface area contributed by atoms with Gasteiger partial charge in [-0.3, -0.25) is 0 Å². The zero-order valence-electron chi connectivity index (χ0n) is 10.4. The van der Waals surface area contributed by atoms with Crippen molar-refractivity contribution in [2.75, 3.05) is 5.32 Å². The highest BCUT2D eigenvalue weighted by atomic mass is 35.5. The van der Waals surface area contributed by atoms with Gasteiger partial charge in [0.05, 0.1) is 26.8 Å². The van der Waals surface area contributed by atoms with Gasteiger partial charge in [0.15, 0.2) is 0 Å². The highest BCUT2D eigenvalue weighted by molar-refractivity contribution is 6.44. The van der Waals surface area contributed by atoms with Crippen molar-refractivity contribution in [3.63, 3.8) is 0 Å². The Hall–Kier alpha value is -1.16. The first kappa shape index (κ1) is 15.2. The topological polar surface area (TPSA) is 32.3 Å². The minimum Gasteiger partial charge on any atom is -0.507 e. The summed E-state index contributed by atoms with van der Waals surface area (Å²) in [5.74, 6) is -0.618. The molecule has 106 valence electrons. The van der Waals surface area contributed by atoms with Crippen molar-refractivity contribution in [2.45, 2.75) is 13.0 Å². The Morgan fingerprint density at radius 1 is 1.05 bits per heavy atom. The standard InChI is InChI=1S/C14H11Cl3FNO/c1-7(9-3-2-8(18)4-14(9)20)19-13-6-11(16)10(15)5-12(13)17/h2-7,19-20H,1H3. The normalized spacial score (nSPS) is 12.2. The molecule has 0 aliphatic rings. The van der Waals surface area contributed by atoms with E-state index in [1.807, 2.05) is 6.92 Å². The van der Waals surface area contributed by atoms with Crippen molar-refractivity contribution in [1.29, 1.82) is 0 Å². The lowest BCUT2D eigenvalue weighted by atomic mass is 10.1. The van der Waals surface area contributed by atoms with Gasteiger partial charge in [0.1, 0.15) is 11.6 Å². The summed E-state index contributed by atoms with van der Waals surface area (Å²) in [6, 6.07) is 6.70. The van der Waals surface area contributed by atoms with Crippen LogP contribution in [0.25, 0.3) is 0 Å². The summed E-state index contributed by atoms with van der Waals surface area (Å²) in [6.45, 7) is 1.81. The lowest BCUT2D eigenvalue weighted by Crippen LogP contribution is -2.07. The first-order valence-corrected chi connectivity index (χ1v) is 6.91. The molecule has 2 N–H and O–H groups in total. The highest BCUT2D eigenvalue weighted by Gasteiger charge is 2.13. The van der Waals surface area contributed by atoms with Gasteiger partial charge in [-0.1, -0.05) is 40.9 Å². The van der Waals surface area contributed by atoms with Crippen molar-refractivity contribution >= 4 is 40.5 Å². The van der Waals surface area contributed by atoms with Crippen LogP contribution in [-0.2, 0) is 0 Å². The fourth-order valence-corrected chi connectivity index (χ4v) is 2.43. The third-order valence-corrected chi connectivity index (χ3v) is 3.88. The van der Waals surface area contributed by atoms with Crippen LogP contribution in [0, 0.1) is 5.82 Å². The molecule has 0 aliphatic carbocycles. The molecule has 0 heterocycles. The summed E-state index contributed by atoms with van der Waals surface area (Å²) in [6.07, 6.45) is 0. The second-order valence-corrected chi connectivity index (χ2v) is 5.54. The second kappa shape index (κ2) is 6.08. The second-order valence-electron chi connectivity index (χ2n) is 4.32. The van der Waals surface area contributed by atoms with Gasteiger partial charge in [-0.15, -0.1) is 0 Å². The first-order valence-electron chi connectivity index (χ1n) is 5.78. The van der Waals surface area contributed by atoms with Gasteiger partial charge in [0.2, 0.25) is 0 Å². The predicted octanol–water partition coefficient (Wildman–Crippen LogP) is 5.66. The molecule has 2 aromatic rings. The number of phenolic OH excluding ortho intramolecular Hbond substituents is 1. The van der Waals surface area contributed by atoms with Crippen LogP contribution in [-0.4, -0.2) is 5.11 Å². The van der Waals surface area contributed by atoms with E-state index in [0.29, 0.717) is 26.3 Å². The maximum absolute atomic E-state index is 13.0. The van der Waals surface area contributed by atoms with Crippen LogP contribution < -0.4 is 5.32 Å². The van der Waals surface area contributed by atoms with Gasteiger partial charge < -0.3 is 10.4 Å². The predicted molar refractivity (Wildman–Crippen MR) is 81.6 cm³/mol. The largest absolute Gasteiger partial charge is 0.507 e. The number of rotatable bonds is 3. The Morgan fingerprint density at radius 3 is 2.35 bits per heavy atom. The lowest BCUT2D eigenvalue weighted by molar-refractivity contribution is 0.459. The number of aromatic hydroxyl groups is 1. The van der Waals surface area contributed by atoms with Crippen LogP contribution in [0.4, 0.5) is 10.1 Å². The Bertz CT molecular complexity index is 649. The molecule has 0 saturated carbocycles. The highest BCUT2D eigenvalue weighted by Crippen LogP contribution is 2.35. The molecule has 0 bridgehead atoms. The van der Waals surface area contributed by atoms with Crippen molar-refractivity contribution in [3.05, 3.63) is 56.8 Å². The minimum atomic E-state index is -0.494. The van der Waals surface area contributed by atoms with E-state index in [1.54, 1.807) is 6.07 Å². The lowest BCUT2D eigenvalue weighted by Gasteiger charge is -2.18. The van der Waals surface area contributed by atoms with Gasteiger partial charge in [0.25, 0.3) is 0 Å². The average Bonchev–Trinajstić information content (AvgIpc) is 2.35. The van der Waals surface area contributed by atoms with Crippen LogP contribution >= 0.6 is 34.8 Å². The van der Waals surface area contributed by atoms with E-state index in [0.717, 1.165) is 6.07 Å². The van der Waals surface area contributed by atoms with Crippen molar-refractivity contribution in [3.8, 4) is 5.75 Å². The summed E-state index contributed by atoms with van der Waals surface area (Å²) >= 11 is 17.9. The number of halogens is 4. The molecular formula is C14H11Cl3FNO. The first-order chi connectivity index (χ1) is 9.38. The van der Waals surface area contributed by atoms with E-state index in [9.17, 15) is 9.50 Å². The van der Waals surface area contributed by atoms with Crippen LogP contribution in [0.2, 0.25) is 15.1 Å². The maximum atomic E-state index is 13.0. The van der Waals surface area contributed by atoms with Crippen LogP contribution in [0.1, 0.15) is 18.5 Å². The molecule has 0 saturated heterocycles. The van der Waals surface area contributed by atoms with E-state index in [4.69, 9.17) is 34.8 Å². The Morgan fingerprint density at radius 2 is 1.70 bits per heavy atom. The Kier molecular flexibility index (Phi) is 4.63. The molecule has 1 unspecified atom stereocenters. The van der Waals surface area contributed by atoms with E-state index in [1.165, 1.54) is 18.2 Å². The monoisotopic (exact) mass is 333 g/mol. The van der Waals surface area contributed by atoms with E-state index in [-0.39, 0.29) is 11.8 Å². The zero-order valence-corrected chi connectivity index (χ0v) is 12.7. The number of phenols is 1. The average molecular weight is 335 g/mol. The van der Waals surface area contributed by atoms with Crippen molar-refractivity contribution in [2.24, 2.45) is 0 Å². The quantitative estimate of drug-likeness (QED) is 0.709.